The first kappa shape index (κ1) is 15.2. The summed E-state index contributed by atoms with van der Waals surface area (Å²) in [6, 6.07) is 9.09. The van der Waals surface area contributed by atoms with Crippen molar-refractivity contribution in [2.75, 3.05) is 13.2 Å². The minimum Gasteiger partial charge on any atom is -0.464 e. The average molecular weight is 303 g/mol. The highest BCUT2D eigenvalue weighted by Crippen LogP contribution is 2.36. The maximum Gasteiger partial charge on any atom is 0.338 e. The molecule has 0 saturated carbocycles. The summed E-state index contributed by atoms with van der Waals surface area (Å²) in [5, 5.41) is 1.82. The number of hydrogen-bond donors (Lipinski definition) is 0. The Kier molecular flexibility index (Phi) is 4.55. The zero-order valence-corrected chi connectivity index (χ0v) is 12.7. The van der Waals surface area contributed by atoms with Crippen molar-refractivity contribution in [1.82, 2.24) is 5.06 Å². The van der Waals surface area contributed by atoms with Gasteiger partial charge in [0.1, 0.15) is 0 Å². The monoisotopic (exact) mass is 303 g/mol. The van der Waals surface area contributed by atoms with Crippen LogP contribution >= 0.6 is 0 Å². The molecule has 2 aliphatic rings. The number of piperidine rings is 1. The third-order valence-corrected chi connectivity index (χ3v) is 4.37. The van der Waals surface area contributed by atoms with Gasteiger partial charge in [0, 0.05) is 18.2 Å². The first-order valence-corrected chi connectivity index (χ1v) is 7.91. The van der Waals surface area contributed by atoms with Crippen LogP contribution in [0.5, 0.6) is 0 Å². The minimum atomic E-state index is -0.823. The summed E-state index contributed by atoms with van der Waals surface area (Å²) in [4.78, 5) is 30.9. The van der Waals surface area contributed by atoms with Gasteiger partial charge in [0.05, 0.1) is 12.5 Å². The van der Waals surface area contributed by atoms with E-state index in [0.717, 1.165) is 25.8 Å². The highest BCUT2D eigenvalue weighted by atomic mass is 16.7. The van der Waals surface area contributed by atoms with Crippen LogP contribution < -0.4 is 0 Å². The Morgan fingerprint density at radius 3 is 2.77 bits per heavy atom. The van der Waals surface area contributed by atoms with Crippen molar-refractivity contribution in [2.45, 2.75) is 38.3 Å². The Morgan fingerprint density at radius 2 is 2.05 bits per heavy atom. The van der Waals surface area contributed by atoms with E-state index in [9.17, 15) is 9.59 Å². The summed E-state index contributed by atoms with van der Waals surface area (Å²) in [5.41, 5.74) is 0.623. The topological polar surface area (TPSA) is 55.8 Å². The fourth-order valence-corrected chi connectivity index (χ4v) is 3.35. The molecule has 0 unspecified atom stereocenters. The lowest BCUT2D eigenvalue weighted by molar-refractivity contribution is -0.193. The lowest BCUT2D eigenvalue weighted by Gasteiger charge is -2.29. The van der Waals surface area contributed by atoms with E-state index in [1.165, 1.54) is 0 Å². The van der Waals surface area contributed by atoms with Gasteiger partial charge in [0.2, 0.25) is 0 Å². The smallest absolute Gasteiger partial charge is 0.338 e. The molecule has 2 fully saturated rings. The third-order valence-electron chi connectivity index (χ3n) is 4.37. The van der Waals surface area contributed by atoms with E-state index in [1.54, 1.807) is 19.1 Å². The Hall–Kier alpha value is -1.72. The van der Waals surface area contributed by atoms with Crippen LogP contribution in [-0.2, 0) is 14.4 Å². The molecule has 5 nitrogen and oxygen atoms in total. The highest BCUT2D eigenvalue weighted by Gasteiger charge is 2.51. The van der Waals surface area contributed by atoms with E-state index in [2.05, 4.69) is 0 Å². The van der Waals surface area contributed by atoms with Gasteiger partial charge in [-0.15, -0.1) is 0 Å². The fourth-order valence-electron chi connectivity index (χ4n) is 3.35. The van der Waals surface area contributed by atoms with Crippen molar-refractivity contribution >= 4 is 11.8 Å². The molecule has 2 saturated heterocycles. The summed E-state index contributed by atoms with van der Waals surface area (Å²) in [5.74, 6) is -0.957. The zero-order valence-electron chi connectivity index (χ0n) is 12.7. The van der Waals surface area contributed by atoms with Gasteiger partial charge >= 0.3 is 5.97 Å². The van der Waals surface area contributed by atoms with Crippen molar-refractivity contribution < 1.29 is 19.2 Å². The molecule has 2 aliphatic heterocycles. The number of ketones is 1. The predicted molar refractivity (Wildman–Crippen MR) is 80.1 cm³/mol. The largest absolute Gasteiger partial charge is 0.464 e. The zero-order chi connectivity index (χ0) is 15.5. The van der Waals surface area contributed by atoms with Crippen molar-refractivity contribution in [2.24, 2.45) is 5.92 Å². The average Bonchev–Trinajstić information content (AvgIpc) is 2.95. The van der Waals surface area contributed by atoms with Gasteiger partial charge in [-0.25, -0.2) is 4.79 Å². The standard InChI is InChI=1S/C17H21NO4/c1-2-21-17(20)16-14(13-10-6-7-11-18(13)22-16)15(19)12-8-4-3-5-9-12/h3-5,8-9,13-14,16H,2,6-7,10-11H2,1H3/t13-,14+,16-/m1/s1. The number of hydrogen-bond acceptors (Lipinski definition) is 5. The van der Waals surface area contributed by atoms with E-state index in [0.29, 0.717) is 5.56 Å². The minimum absolute atomic E-state index is 0.0316. The SMILES string of the molecule is CCOC(=O)[C@@H]1ON2CCCC[C@@H]2[C@H]1C(=O)c1ccccc1. The molecule has 5 heteroatoms. The van der Waals surface area contributed by atoms with E-state index in [4.69, 9.17) is 9.57 Å². The Balaban J connectivity index is 1.88. The van der Waals surface area contributed by atoms with Gasteiger partial charge in [-0.2, -0.15) is 5.06 Å². The molecule has 0 N–H and O–H groups in total. The lowest BCUT2D eigenvalue weighted by atomic mass is 9.83. The summed E-state index contributed by atoms with van der Waals surface area (Å²) in [6.07, 6.45) is 2.13. The molecule has 3 atom stereocenters. The Labute approximate surface area is 130 Å². The Bertz CT molecular complexity index is 545. The second kappa shape index (κ2) is 6.58. The van der Waals surface area contributed by atoms with Gasteiger partial charge in [-0.1, -0.05) is 36.8 Å². The number of rotatable bonds is 4. The van der Waals surface area contributed by atoms with Gasteiger partial charge in [-0.3, -0.25) is 9.63 Å². The number of Topliss-reactive ketones (excluding diaryl/α,β-unsaturated/α-hetero) is 1. The molecule has 0 bridgehead atoms. The number of ether oxygens (including phenoxy) is 1. The molecule has 0 radical (unpaired) electrons. The normalized spacial score (nSPS) is 28.1. The van der Waals surface area contributed by atoms with Crippen molar-refractivity contribution in [3.05, 3.63) is 35.9 Å². The predicted octanol–water partition coefficient (Wildman–Crippen LogP) is 2.22. The molecule has 1 aromatic rings. The molecule has 0 aliphatic carbocycles. The van der Waals surface area contributed by atoms with Crippen molar-refractivity contribution in [3.8, 4) is 0 Å². The van der Waals surface area contributed by atoms with E-state index in [1.807, 2.05) is 23.3 Å². The molecule has 3 rings (SSSR count). The van der Waals surface area contributed by atoms with Crippen molar-refractivity contribution in [3.63, 3.8) is 0 Å². The maximum atomic E-state index is 12.9. The van der Waals surface area contributed by atoms with Crippen LogP contribution in [0.3, 0.4) is 0 Å². The Morgan fingerprint density at radius 1 is 1.27 bits per heavy atom. The van der Waals surface area contributed by atoms with Crippen LogP contribution in [0.1, 0.15) is 36.5 Å². The molecule has 0 amide bonds. The lowest BCUT2D eigenvalue weighted by Crippen LogP contribution is -2.41. The second-order valence-corrected chi connectivity index (χ2v) is 5.74. The van der Waals surface area contributed by atoms with Crippen LogP contribution in [0.4, 0.5) is 0 Å². The van der Waals surface area contributed by atoms with E-state index >= 15 is 0 Å². The second-order valence-electron chi connectivity index (χ2n) is 5.74. The number of esters is 1. The summed E-state index contributed by atoms with van der Waals surface area (Å²) >= 11 is 0. The van der Waals surface area contributed by atoms with Crippen molar-refractivity contribution in [1.29, 1.82) is 0 Å². The number of fused-ring (bicyclic) bond motifs is 1. The number of carbonyl (C=O) groups excluding carboxylic acids is 2. The first-order chi connectivity index (χ1) is 10.7. The highest BCUT2D eigenvalue weighted by molar-refractivity contribution is 6.01. The molecule has 0 aromatic heterocycles. The van der Waals surface area contributed by atoms with Crippen LogP contribution in [0.25, 0.3) is 0 Å². The van der Waals surface area contributed by atoms with E-state index < -0.39 is 18.0 Å². The maximum absolute atomic E-state index is 12.9. The number of hydroxylamine groups is 2. The molecule has 1 aromatic carbocycles. The molecule has 2 heterocycles. The number of nitrogens with zero attached hydrogens (tertiary/aromatic N) is 1. The van der Waals surface area contributed by atoms with Gasteiger partial charge < -0.3 is 4.74 Å². The van der Waals surface area contributed by atoms with Gasteiger partial charge in [0.25, 0.3) is 0 Å². The van der Waals surface area contributed by atoms with Gasteiger partial charge in [-0.05, 0) is 19.8 Å². The molecular weight excluding hydrogens is 282 g/mol. The van der Waals surface area contributed by atoms with Crippen LogP contribution in [0.2, 0.25) is 0 Å². The first-order valence-electron chi connectivity index (χ1n) is 7.91. The summed E-state index contributed by atoms with van der Waals surface area (Å²) in [6.45, 7) is 2.81. The quantitative estimate of drug-likeness (QED) is 0.630. The fraction of sp³-hybridized carbons (Fsp3) is 0.529. The third kappa shape index (κ3) is 2.78. The molecular formula is C17H21NO4. The summed E-state index contributed by atoms with van der Waals surface area (Å²) in [7, 11) is 0. The van der Waals surface area contributed by atoms with Gasteiger partial charge in [0.15, 0.2) is 11.9 Å². The molecule has 22 heavy (non-hydrogen) atoms. The number of carbonyl (C=O) groups is 2. The van der Waals surface area contributed by atoms with Crippen LogP contribution in [0.15, 0.2) is 30.3 Å². The number of benzene rings is 1. The molecule has 118 valence electrons. The van der Waals surface area contributed by atoms with Crippen LogP contribution in [0, 0.1) is 5.92 Å². The van der Waals surface area contributed by atoms with Crippen LogP contribution in [-0.4, -0.2) is 42.1 Å². The molecule has 0 spiro atoms. The summed E-state index contributed by atoms with van der Waals surface area (Å²) < 4.78 is 5.11. The van der Waals surface area contributed by atoms with E-state index in [-0.39, 0.29) is 18.4 Å².